The molecular formula is C13H14N6O. The van der Waals surface area contributed by atoms with E-state index < -0.39 is 0 Å². The number of carbonyl (C=O) groups excluding carboxylic acids is 1. The molecule has 0 atom stereocenters. The van der Waals surface area contributed by atoms with Crippen LogP contribution in [0.15, 0.2) is 30.5 Å². The second-order valence-corrected chi connectivity index (χ2v) is 4.18. The Morgan fingerprint density at radius 3 is 3.05 bits per heavy atom. The number of hydrogen-bond acceptors (Lipinski definition) is 5. The zero-order valence-electron chi connectivity index (χ0n) is 11.0. The number of anilines is 1. The van der Waals surface area contributed by atoms with Crippen LogP contribution >= 0.6 is 0 Å². The summed E-state index contributed by atoms with van der Waals surface area (Å²) in [4.78, 5) is 13.7. The number of carbonyl (C=O) groups is 1. The molecule has 2 N–H and O–H groups in total. The lowest BCUT2D eigenvalue weighted by Crippen LogP contribution is -2.26. The lowest BCUT2D eigenvalue weighted by Gasteiger charge is -2.15. The smallest absolute Gasteiger partial charge is 0.280 e. The Morgan fingerprint density at radius 2 is 2.35 bits per heavy atom. The molecule has 0 aliphatic rings. The molecule has 102 valence electrons. The minimum absolute atomic E-state index is 0.239. The van der Waals surface area contributed by atoms with Crippen LogP contribution in [0.4, 0.5) is 5.69 Å². The van der Waals surface area contributed by atoms with Crippen LogP contribution in [0.1, 0.15) is 16.1 Å². The van der Waals surface area contributed by atoms with Crippen molar-refractivity contribution in [3.05, 3.63) is 41.7 Å². The lowest BCUT2D eigenvalue weighted by atomic mass is 10.2. The third-order valence-electron chi connectivity index (χ3n) is 2.78. The fraction of sp³-hybridized carbons (Fsp3) is 0.231. The second-order valence-electron chi connectivity index (χ2n) is 4.18. The van der Waals surface area contributed by atoms with Crippen LogP contribution in [0.3, 0.4) is 0 Å². The highest BCUT2D eigenvalue weighted by molar-refractivity contribution is 6.04. The van der Waals surface area contributed by atoms with Crippen molar-refractivity contribution in [3.8, 4) is 6.07 Å². The Balaban J connectivity index is 2.20. The first-order chi connectivity index (χ1) is 9.65. The third kappa shape index (κ3) is 2.81. The standard InChI is InChI=1S/C13H14N6O/c1-18(11-4-2-3-10(7-11)8-15)13(20)12-9-19(6-5-14)17-16-12/h2-4,7,9H,5-6,14H2,1H3. The highest BCUT2D eigenvalue weighted by atomic mass is 16.2. The fourth-order valence-corrected chi connectivity index (χ4v) is 1.71. The molecule has 0 aliphatic heterocycles. The molecule has 0 aliphatic carbocycles. The molecule has 1 aromatic carbocycles. The van der Waals surface area contributed by atoms with Gasteiger partial charge in [0.1, 0.15) is 0 Å². The van der Waals surface area contributed by atoms with Gasteiger partial charge in [0.05, 0.1) is 24.4 Å². The Hall–Kier alpha value is -2.72. The topological polar surface area (TPSA) is 101 Å². The van der Waals surface area contributed by atoms with E-state index in [1.807, 2.05) is 6.07 Å². The van der Waals surface area contributed by atoms with Gasteiger partial charge in [0, 0.05) is 19.3 Å². The van der Waals surface area contributed by atoms with Gasteiger partial charge in [0.15, 0.2) is 5.69 Å². The summed E-state index contributed by atoms with van der Waals surface area (Å²) in [6, 6.07) is 8.84. The summed E-state index contributed by atoms with van der Waals surface area (Å²) in [6.07, 6.45) is 1.56. The van der Waals surface area contributed by atoms with Crippen LogP contribution < -0.4 is 10.6 Å². The van der Waals surface area contributed by atoms with E-state index in [2.05, 4.69) is 10.3 Å². The van der Waals surface area contributed by atoms with Crippen LogP contribution in [0.5, 0.6) is 0 Å². The predicted octanol–water partition coefficient (Wildman–Crippen LogP) is 0.385. The van der Waals surface area contributed by atoms with Gasteiger partial charge in [-0.3, -0.25) is 9.48 Å². The second kappa shape index (κ2) is 5.95. The van der Waals surface area contributed by atoms with Gasteiger partial charge in [0.2, 0.25) is 0 Å². The SMILES string of the molecule is CN(C(=O)c1cn(CCN)nn1)c1cccc(C#N)c1. The van der Waals surface area contributed by atoms with Gasteiger partial charge in [-0.05, 0) is 18.2 Å². The largest absolute Gasteiger partial charge is 0.329 e. The molecule has 0 bridgehead atoms. The quantitative estimate of drug-likeness (QED) is 0.865. The zero-order valence-corrected chi connectivity index (χ0v) is 11.0. The number of hydrogen-bond donors (Lipinski definition) is 1. The lowest BCUT2D eigenvalue weighted by molar-refractivity contribution is 0.0988. The summed E-state index contributed by atoms with van der Waals surface area (Å²) in [7, 11) is 1.63. The molecule has 0 fully saturated rings. The molecule has 7 nitrogen and oxygen atoms in total. The van der Waals surface area contributed by atoms with Crippen LogP contribution in [0.2, 0.25) is 0 Å². The van der Waals surface area contributed by atoms with Gasteiger partial charge in [-0.25, -0.2) is 0 Å². The summed E-state index contributed by atoms with van der Waals surface area (Å²) in [5.41, 5.74) is 6.77. The summed E-state index contributed by atoms with van der Waals surface area (Å²) >= 11 is 0. The summed E-state index contributed by atoms with van der Waals surface area (Å²) in [5, 5.41) is 16.5. The van der Waals surface area contributed by atoms with Crippen molar-refractivity contribution >= 4 is 11.6 Å². The Morgan fingerprint density at radius 1 is 1.55 bits per heavy atom. The van der Waals surface area contributed by atoms with Crippen molar-refractivity contribution in [1.29, 1.82) is 5.26 Å². The molecule has 2 rings (SSSR count). The number of rotatable bonds is 4. The van der Waals surface area contributed by atoms with Crippen LogP contribution in [-0.4, -0.2) is 34.5 Å². The molecule has 0 saturated heterocycles. The molecule has 1 aromatic heterocycles. The van der Waals surface area contributed by atoms with Gasteiger partial charge in [-0.1, -0.05) is 11.3 Å². The van der Waals surface area contributed by atoms with Gasteiger partial charge in [-0.2, -0.15) is 5.26 Å². The van der Waals surface area contributed by atoms with E-state index in [4.69, 9.17) is 11.0 Å². The molecule has 0 radical (unpaired) electrons. The molecule has 20 heavy (non-hydrogen) atoms. The highest BCUT2D eigenvalue weighted by Gasteiger charge is 2.17. The molecule has 0 spiro atoms. The first-order valence-corrected chi connectivity index (χ1v) is 6.04. The van der Waals surface area contributed by atoms with Crippen molar-refractivity contribution in [2.24, 2.45) is 5.73 Å². The van der Waals surface area contributed by atoms with E-state index in [1.54, 1.807) is 37.5 Å². The van der Waals surface area contributed by atoms with Crippen molar-refractivity contribution in [1.82, 2.24) is 15.0 Å². The van der Waals surface area contributed by atoms with E-state index in [-0.39, 0.29) is 11.6 Å². The average Bonchev–Trinajstić information content (AvgIpc) is 2.95. The average molecular weight is 270 g/mol. The van der Waals surface area contributed by atoms with Crippen LogP contribution in [-0.2, 0) is 6.54 Å². The Kier molecular flexibility index (Phi) is 4.08. The Bertz CT molecular complexity index is 657. The monoisotopic (exact) mass is 270 g/mol. The maximum Gasteiger partial charge on any atom is 0.280 e. The van der Waals surface area contributed by atoms with E-state index in [0.29, 0.717) is 24.3 Å². The molecular weight excluding hydrogens is 256 g/mol. The van der Waals surface area contributed by atoms with Crippen molar-refractivity contribution in [3.63, 3.8) is 0 Å². The zero-order chi connectivity index (χ0) is 14.5. The molecule has 7 heteroatoms. The minimum Gasteiger partial charge on any atom is -0.329 e. The number of benzene rings is 1. The van der Waals surface area contributed by atoms with Gasteiger partial charge < -0.3 is 10.6 Å². The van der Waals surface area contributed by atoms with Crippen molar-refractivity contribution in [2.75, 3.05) is 18.5 Å². The van der Waals surface area contributed by atoms with Crippen molar-refractivity contribution < 1.29 is 4.79 Å². The van der Waals surface area contributed by atoms with Crippen LogP contribution in [0, 0.1) is 11.3 Å². The summed E-state index contributed by atoms with van der Waals surface area (Å²) < 4.78 is 1.52. The summed E-state index contributed by atoms with van der Waals surface area (Å²) in [6.45, 7) is 0.935. The number of nitriles is 1. The number of nitrogens with two attached hydrogens (primary N) is 1. The molecule has 0 saturated carbocycles. The van der Waals surface area contributed by atoms with Gasteiger partial charge in [-0.15, -0.1) is 5.10 Å². The number of amides is 1. The molecule has 2 aromatic rings. The first-order valence-electron chi connectivity index (χ1n) is 6.04. The normalized spacial score (nSPS) is 10.1. The maximum absolute atomic E-state index is 12.3. The molecule has 0 unspecified atom stereocenters. The highest BCUT2D eigenvalue weighted by Crippen LogP contribution is 2.16. The number of nitrogens with zero attached hydrogens (tertiary/aromatic N) is 5. The van der Waals surface area contributed by atoms with E-state index in [9.17, 15) is 4.79 Å². The third-order valence-corrected chi connectivity index (χ3v) is 2.78. The Labute approximate surface area is 116 Å². The van der Waals surface area contributed by atoms with E-state index in [1.165, 1.54) is 9.58 Å². The van der Waals surface area contributed by atoms with E-state index >= 15 is 0 Å². The fourth-order valence-electron chi connectivity index (χ4n) is 1.71. The molecule has 1 amide bonds. The first kappa shape index (κ1) is 13.7. The predicted molar refractivity (Wildman–Crippen MR) is 73.0 cm³/mol. The van der Waals surface area contributed by atoms with Crippen molar-refractivity contribution in [2.45, 2.75) is 6.54 Å². The number of aromatic nitrogens is 3. The van der Waals surface area contributed by atoms with Crippen LogP contribution in [0.25, 0.3) is 0 Å². The van der Waals surface area contributed by atoms with Gasteiger partial charge in [0.25, 0.3) is 5.91 Å². The minimum atomic E-state index is -0.289. The van der Waals surface area contributed by atoms with Gasteiger partial charge >= 0.3 is 0 Å². The van der Waals surface area contributed by atoms with E-state index in [0.717, 1.165) is 0 Å². The maximum atomic E-state index is 12.3. The summed E-state index contributed by atoms with van der Waals surface area (Å²) in [5.74, 6) is -0.289. The molecule has 1 heterocycles.